The lowest BCUT2D eigenvalue weighted by Gasteiger charge is -2.21. The number of carbonyl (C=O) groups excluding carboxylic acids is 4. The van der Waals surface area contributed by atoms with Gasteiger partial charge < -0.3 is 33.8 Å². The highest BCUT2D eigenvalue weighted by atomic mass is 31.2. The summed E-state index contributed by atoms with van der Waals surface area (Å²) in [5.74, 6) is -0.569. The van der Waals surface area contributed by atoms with Crippen molar-refractivity contribution < 1.29 is 80.2 Å². The topological polar surface area (TPSA) is 237 Å². The molecule has 3 N–H and O–H groups in total. The van der Waals surface area contributed by atoms with Gasteiger partial charge in [-0.1, -0.05) is 420 Å². The van der Waals surface area contributed by atoms with Crippen LogP contribution in [0.25, 0.3) is 0 Å². The van der Waals surface area contributed by atoms with Crippen LogP contribution in [0, 0.1) is 11.8 Å². The third-order valence-corrected chi connectivity index (χ3v) is 22.6. The SMILES string of the molecule is CCCCCCCCCCCCCCCCCCCCCCCC(=O)O[C@H](COC(=O)CCCCCCCCCCCCCCCCCCCC)COP(=O)(O)OC[C@@H](O)COP(=O)(O)OC[C@@H](COC(=O)CCCCCCCCCCCC(C)C)OC(=O)CCCCCCCCCCCCCCCC(C)C. The van der Waals surface area contributed by atoms with Crippen molar-refractivity contribution in [3.8, 4) is 0 Å². The Hall–Kier alpha value is -1.94. The summed E-state index contributed by atoms with van der Waals surface area (Å²) in [7, 11) is -9.93. The molecule has 636 valence electrons. The van der Waals surface area contributed by atoms with E-state index in [4.69, 9.17) is 37.0 Å². The van der Waals surface area contributed by atoms with Crippen LogP contribution in [-0.2, 0) is 65.4 Å². The fourth-order valence-electron chi connectivity index (χ4n) is 13.8. The molecule has 17 nitrogen and oxygen atoms in total. The quantitative estimate of drug-likeness (QED) is 0.0222. The number of phosphoric acid groups is 2. The van der Waals surface area contributed by atoms with Crippen molar-refractivity contribution >= 4 is 39.5 Å². The van der Waals surface area contributed by atoms with E-state index in [1.807, 2.05) is 0 Å². The van der Waals surface area contributed by atoms with Gasteiger partial charge in [0.15, 0.2) is 12.2 Å². The van der Waals surface area contributed by atoms with E-state index in [1.165, 1.54) is 289 Å². The van der Waals surface area contributed by atoms with E-state index < -0.39 is 97.5 Å². The smallest absolute Gasteiger partial charge is 0.462 e. The molecule has 0 aromatic heterocycles. The van der Waals surface area contributed by atoms with Crippen molar-refractivity contribution in [2.75, 3.05) is 39.6 Å². The molecule has 0 fully saturated rings. The monoisotopic (exact) mass is 1560 g/mol. The summed E-state index contributed by atoms with van der Waals surface area (Å²) < 4.78 is 69.0. The summed E-state index contributed by atoms with van der Waals surface area (Å²) in [6.07, 6.45) is 72.3. The Morgan fingerprint density at radius 3 is 0.636 bits per heavy atom. The zero-order valence-electron chi connectivity index (χ0n) is 70.5. The molecule has 0 bridgehead atoms. The Morgan fingerprint density at radius 2 is 0.430 bits per heavy atom. The highest BCUT2D eigenvalue weighted by Gasteiger charge is 2.30. The van der Waals surface area contributed by atoms with Gasteiger partial charge in [-0.15, -0.1) is 0 Å². The first-order valence-electron chi connectivity index (χ1n) is 45.5. The zero-order chi connectivity index (χ0) is 78.5. The van der Waals surface area contributed by atoms with E-state index in [0.717, 1.165) is 102 Å². The molecule has 107 heavy (non-hydrogen) atoms. The molecule has 0 aliphatic rings. The Kier molecular flexibility index (Phi) is 77.9. The second-order valence-corrected chi connectivity index (χ2v) is 35.5. The first-order chi connectivity index (χ1) is 51.9. The highest BCUT2D eigenvalue weighted by molar-refractivity contribution is 7.47. The average molecular weight is 1560 g/mol. The van der Waals surface area contributed by atoms with Crippen molar-refractivity contribution in [3.63, 3.8) is 0 Å². The van der Waals surface area contributed by atoms with Crippen LogP contribution in [-0.4, -0.2) is 96.7 Å². The first kappa shape index (κ1) is 105. The molecule has 0 aromatic carbocycles. The van der Waals surface area contributed by atoms with Gasteiger partial charge in [0.05, 0.1) is 26.4 Å². The second kappa shape index (κ2) is 79.3. The standard InChI is InChI=1S/C88H172O17P2/c1-7-9-11-13-15-17-19-21-23-25-27-28-29-31-33-37-41-47-54-60-66-72-87(92)104-83(76-98-85(90)70-64-58-52-46-40-36-32-30-26-24-22-20-18-16-14-12-10-8-2)78-102-106(94,95)100-74-82(89)75-101-107(96,97)103-79-84(77-99-86(91)71-65-59-53-49-43-45-51-57-63-69-81(5)6)105-88(93)73-67-61-55-48-42-38-34-35-39-44-50-56-62-68-80(3)4/h80-84,89H,7-79H2,1-6H3,(H,94,95)(H,96,97)/t82-,83-,84-/m1/s1. The molecule has 0 saturated carbocycles. The van der Waals surface area contributed by atoms with Crippen molar-refractivity contribution in [3.05, 3.63) is 0 Å². The molecule has 0 aromatic rings. The van der Waals surface area contributed by atoms with Gasteiger partial charge >= 0.3 is 39.5 Å². The fraction of sp³-hybridized carbons (Fsp3) is 0.955. The van der Waals surface area contributed by atoms with Crippen LogP contribution < -0.4 is 0 Å². The van der Waals surface area contributed by atoms with Crippen molar-refractivity contribution in [2.24, 2.45) is 11.8 Å². The first-order valence-corrected chi connectivity index (χ1v) is 48.5. The summed E-state index contributed by atoms with van der Waals surface area (Å²) in [5, 5.41) is 10.7. The molecule has 19 heteroatoms. The van der Waals surface area contributed by atoms with E-state index in [1.54, 1.807) is 0 Å². The number of hydrogen-bond acceptors (Lipinski definition) is 15. The largest absolute Gasteiger partial charge is 0.472 e. The molecule has 0 aliphatic carbocycles. The minimum absolute atomic E-state index is 0.107. The number of phosphoric ester groups is 2. The fourth-order valence-corrected chi connectivity index (χ4v) is 15.4. The normalized spacial score (nSPS) is 13.8. The Balaban J connectivity index is 5.25. The number of unbranched alkanes of at least 4 members (excludes halogenated alkanes) is 57. The van der Waals surface area contributed by atoms with Gasteiger partial charge in [0.2, 0.25) is 0 Å². The minimum Gasteiger partial charge on any atom is -0.462 e. The van der Waals surface area contributed by atoms with E-state index in [0.29, 0.717) is 25.7 Å². The molecule has 5 atom stereocenters. The lowest BCUT2D eigenvalue weighted by Crippen LogP contribution is -2.30. The van der Waals surface area contributed by atoms with E-state index >= 15 is 0 Å². The number of aliphatic hydroxyl groups is 1. The summed E-state index contributed by atoms with van der Waals surface area (Å²) in [6, 6.07) is 0. The molecule has 0 amide bonds. The highest BCUT2D eigenvalue weighted by Crippen LogP contribution is 2.45. The van der Waals surface area contributed by atoms with E-state index in [-0.39, 0.29) is 25.7 Å². The minimum atomic E-state index is -4.97. The molecular formula is C88H172O17P2. The van der Waals surface area contributed by atoms with Gasteiger partial charge in [0.25, 0.3) is 0 Å². The van der Waals surface area contributed by atoms with Gasteiger partial charge in [-0.25, -0.2) is 9.13 Å². The number of esters is 4. The van der Waals surface area contributed by atoms with Crippen LogP contribution in [0.2, 0.25) is 0 Å². The van der Waals surface area contributed by atoms with Gasteiger partial charge in [-0.2, -0.15) is 0 Å². The summed E-state index contributed by atoms with van der Waals surface area (Å²) >= 11 is 0. The van der Waals surface area contributed by atoms with Gasteiger partial charge in [-0.3, -0.25) is 37.3 Å². The van der Waals surface area contributed by atoms with Crippen LogP contribution in [0.1, 0.15) is 472 Å². The number of carbonyl (C=O) groups is 4. The third kappa shape index (κ3) is 81.9. The summed E-state index contributed by atoms with van der Waals surface area (Å²) in [5.41, 5.74) is 0. The predicted octanol–water partition coefficient (Wildman–Crippen LogP) is 27.0. The van der Waals surface area contributed by atoms with Gasteiger partial charge in [-0.05, 0) is 37.5 Å². The molecule has 0 radical (unpaired) electrons. The lowest BCUT2D eigenvalue weighted by atomic mass is 10.0. The van der Waals surface area contributed by atoms with Crippen LogP contribution in [0.15, 0.2) is 0 Å². The number of rotatable bonds is 87. The van der Waals surface area contributed by atoms with Gasteiger partial charge in [0, 0.05) is 25.7 Å². The average Bonchev–Trinajstić information content (AvgIpc) is 0.905. The Bertz CT molecular complexity index is 2050. The molecule has 0 saturated heterocycles. The molecule has 2 unspecified atom stereocenters. The maximum atomic E-state index is 13.2. The molecule has 0 spiro atoms. The van der Waals surface area contributed by atoms with Crippen molar-refractivity contribution in [1.82, 2.24) is 0 Å². The number of aliphatic hydroxyl groups excluding tert-OH is 1. The van der Waals surface area contributed by atoms with Crippen LogP contribution in [0.4, 0.5) is 0 Å². The summed E-state index contributed by atoms with van der Waals surface area (Å²) in [6.45, 7) is 9.68. The Morgan fingerprint density at radius 1 is 0.252 bits per heavy atom. The van der Waals surface area contributed by atoms with Crippen molar-refractivity contribution in [2.45, 2.75) is 490 Å². The zero-order valence-corrected chi connectivity index (χ0v) is 72.2. The van der Waals surface area contributed by atoms with Crippen LogP contribution in [0.5, 0.6) is 0 Å². The predicted molar refractivity (Wildman–Crippen MR) is 442 cm³/mol. The van der Waals surface area contributed by atoms with Gasteiger partial charge in [0.1, 0.15) is 19.3 Å². The van der Waals surface area contributed by atoms with E-state index in [2.05, 4.69) is 41.5 Å². The number of ether oxygens (including phenoxy) is 4. The lowest BCUT2D eigenvalue weighted by molar-refractivity contribution is -0.161. The van der Waals surface area contributed by atoms with Crippen LogP contribution in [0.3, 0.4) is 0 Å². The molecule has 0 aliphatic heterocycles. The number of hydrogen-bond donors (Lipinski definition) is 3. The Labute approximate surface area is 658 Å². The molecule has 0 heterocycles. The van der Waals surface area contributed by atoms with E-state index in [9.17, 15) is 43.2 Å². The maximum absolute atomic E-state index is 13.2. The van der Waals surface area contributed by atoms with Crippen molar-refractivity contribution in [1.29, 1.82) is 0 Å². The molecular weight excluding hydrogens is 1390 g/mol. The maximum Gasteiger partial charge on any atom is 0.472 e. The molecule has 0 rings (SSSR count). The van der Waals surface area contributed by atoms with Crippen LogP contribution >= 0.6 is 15.6 Å². The second-order valence-electron chi connectivity index (χ2n) is 32.6. The summed E-state index contributed by atoms with van der Waals surface area (Å²) in [4.78, 5) is 73.3. The third-order valence-electron chi connectivity index (χ3n) is 20.7.